The van der Waals surface area contributed by atoms with Crippen LogP contribution < -0.4 is 5.32 Å². The molecule has 2 rings (SSSR count). The number of carbonyl (C=O) groups is 1. The first kappa shape index (κ1) is 9.00. The lowest BCUT2D eigenvalue weighted by Crippen LogP contribution is -2.42. The summed E-state index contributed by atoms with van der Waals surface area (Å²) in [5.74, 6) is 1.03. The summed E-state index contributed by atoms with van der Waals surface area (Å²) >= 11 is 0. The van der Waals surface area contributed by atoms with Crippen molar-refractivity contribution in [3.8, 4) is 0 Å². The Kier molecular flexibility index (Phi) is 2.54. The minimum Gasteiger partial charge on any atom is -0.341 e. The second kappa shape index (κ2) is 3.66. The van der Waals surface area contributed by atoms with Crippen molar-refractivity contribution in [2.45, 2.75) is 32.2 Å². The van der Waals surface area contributed by atoms with Crippen LogP contribution in [-0.2, 0) is 4.79 Å². The number of likely N-dealkylation sites (tertiary alicyclic amines) is 1. The van der Waals surface area contributed by atoms with Crippen molar-refractivity contribution < 1.29 is 4.79 Å². The van der Waals surface area contributed by atoms with Crippen LogP contribution >= 0.6 is 0 Å². The maximum atomic E-state index is 11.9. The first-order chi connectivity index (χ1) is 6.27. The van der Waals surface area contributed by atoms with Gasteiger partial charge >= 0.3 is 0 Å². The van der Waals surface area contributed by atoms with Crippen LogP contribution in [0.1, 0.15) is 26.2 Å². The van der Waals surface area contributed by atoms with Gasteiger partial charge in [-0.2, -0.15) is 0 Å². The highest BCUT2D eigenvalue weighted by Gasteiger charge is 2.30. The fourth-order valence-electron chi connectivity index (χ4n) is 2.25. The number of amides is 1. The summed E-state index contributed by atoms with van der Waals surface area (Å²) in [7, 11) is 0. The Balaban J connectivity index is 1.89. The summed E-state index contributed by atoms with van der Waals surface area (Å²) in [5.41, 5.74) is 0. The minimum atomic E-state index is 0.130. The molecule has 74 valence electrons. The highest BCUT2D eigenvalue weighted by molar-refractivity contribution is 5.82. The zero-order chi connectivity index (χ0) is 9.26. The number of nitrogens with one attached hydrogen (secondary N) is 1. The molecule has 1 amide bonds. The van der Waals surface area contributed by atoms with Gasteiger partial charge in [0.2, 0.25) is 5.91 Å². The molecule has 3 heteroatoms. The molecule has 0 aromatic heterocycles. The summed E-state index contributed by atoms with van der Waals surface area (Å²) in [6.07, 6.45) is 3.36. The number of nitrogens with zero attached hydrogens (tertiary/aromatic N) is 1. The van der Waals surface area contributed by atoms with E-state index in [0.29, 0.717) is 11.8 Å². The van der Waals surface area contributed by atoms with Gasteiger partial charge in [-0.25, -0.2) is 0 Å². The lowest BCUT2D eigenvalue weighted by molar-refractivity contribution is -0.132. The molecule has 0 aromatic carbocycles. The number of rotatable bonds is 1. The van der Waals surface area contributed by atoms with Crippen LogP contribution in [0, 0.1) is 5.92 Å². The largest absolute Gasteiger partial charge is 0.341 e. The average Bonchev–Trinajstić information content (AvgIpc) is 2.72. The second-order valence-electron chi connectivity index (χ2n) is 4.33. The van der Waals surface area contributed by atoms with Gasteiger partial charge in [-0.1, -0.05) is 6.92 Å². The molecular weight excluding hydrogens is 164 g/mol. The Morgan fingerprint density at radius 1 is 1.46 bits per heavy atom. The van der Waals surface area contributed by atoms with Crippen LogP contribution in [0.15, 0.2) is 0 Å². The van der Waals surface area contributed by atoms with E-state index in [1.807, 2.05) is 4.90 Å². The molecule has 0 aromatic rings. The van der Waals surface area contributed by atoms with E-state index < -0.39 is 0 Å². The van der Waals surface area contributed by atoms with Gasteiger partial charge in [-0.3, -0.25) is 4.79 Å². The van der Waals surface area contributed by atoms with Crippen LogP contribution in [0.25, 0.3) is 0 Å². The molecule has 2 atom stereocenters. The molecule has 2 aliphatic rings. The maximum Gasteiger partial charge on any atom is 0.239 e. The molecule has 2 unspecified atom stereocenters. The summed E-state index contributed by atoms with van der Waals surface area (Å²) in [4.78, 5) is 13.9. The Bertz CT molecular complexity index is 199. The SMILES string of the molecule is CC1CCN(C(=O)C2CCCN2)C1. The average molecular weight is 182 g/mol. The van der Waals surface area contributed by atoms with Crippen molar-refractivity contribution in [1.82, 2.24) is 10.2 Å². The summed E-state index contributed by atoms with van der Waals surface area (Å²) in [6.45, 7) is 5.17. The molecule has 0 saturated carbocycles. The lowest BCUT2D eigenvalue weighted by atomic mass is 10.2. The maximum absolute atomic E-state index is 11.9. The lowest BCUT2D eigenvalue weighted by Gasteiger charge is -2.20. The molecule has 0 radical (unpaired) electrons. The van der Waals surface area contributed by atoms with Crippen LogP contribution in [-0.4, -0.2) is 36.5 Å². The van der Waals surface area contributed by atoms with E-state index in [0.717, 1.165) is 32.5 Å². The van der Waals surface area contributed by atoms with Crippen molar-refractivity contribution in [3.05, 3.63) is 0 Å². The van der Waals surface area contributed by atoms with Crippen molar-refractivity contribution in [1.29, 1.82) is 0 Å². The van der Waals surface area contributed by atoms with Gasteiger partial charge in [-0.15, -0.1) is 0 Å². The second-order valence-corrected chi connectivity index (χ2v) is 4.33. The Labute approximate surface area is 79.5 Å². The van der Waals surface area contributed by atoms with Gasteiger partial charge in [0.05, 0.1) is 6.04 Å². The molecule has 0 aliphatic carbocycles. The molecule has 3 nitrogen and oxygen atoms in total. The van der Waals surface area contributed by atoms with Gasteiger partial charge in [0.25, 0.3) is 0 Å². The van der Waals surface area contributed by atoms with Gasteiger partial charge < -0.3 is 10.2 Å². The van der Waals surface area contributed by atoms with E-state index in [9.17, 15) is 4.79 Å². The summed E-state index contributed by atoms with van der Waals surface area (Å²) < 4.78 is 0. The van der Waals surface area contributed by atoms with E-state index in [-0.39, 0.29) is 6.04 Å². The summed E-state index contributed by atoms with van der Waals surface area (Å²) in [5, 5.41) is 3.26. The van der Waals surface area contributed by atoms with Gasteiger partial charge in [-0.05, 0) is 31.7 Å². The third kappa shape index (κ3) is 1.85. The van der Waals surface area contributed by atoms with E-state index in [1.165, 1.54) is 6.42 Å². The fraction of sp³-hybridized carbons (Fsp3) is 0.900. The van der Waals surface area contributed by atoms with Gasteiger partial charge in [0.1, 0.15) is 0 Å². The van der Waals surface area contributed by atoms with Crippen LogP contribution in [0.5, 0.6) is 0 Å². The molecule has 2 saturated heterocycles. The van der Waals surface area contributed by atoms with Gasteiger partial charge in [0, 0.05) is 13.1 Å². The minimum absolute atomic E-state index is 0.130. The molecule has 1 N–H and O–H groups in total. The zero-order valence-electron chi connectivity index (χ0n) is 8.25. The summed E-state index contributed by atoms with van der Waals surface area (Å²) in [6, 6.07) is 0.130. The molecule has 13 heavy (non-hydrogen) atoms. The zero-order valence-corrected chi connectivity index (χ0v) is 8.25. The first-order valence-corrected chi connectivity index (χ1v) is 5.29. The molecule has 2 heterocycles. The topological polar surface area (TPSA) is 32.3 Å². The molecule has 0 bridgehead atoms. The van der Waals surface area contributed by atoms with E-state index in [1.54, 1.807) is 0 Å². The molecule has 0 spiro atoms. The smallest absolute Gasteiger partial charge is 0.239 e. The number of hydrogen-bond donors (Lipinski definition) is 1. The van der Waals surface area contributed by atoms with Crippen molar-refractivity contribution in [2.24, 2.45) is 5.92 Å². The number of hydrogen-bond acceptors (Lipinski definition) is 2. The fourth-order valence-corrected chi connectivity index (χ4v) is 2.25. The van der Waals surface area contributed by atoms with Crippen LogP contribution in [0.4, 0.5) is 0 Å². The third-order valence-electron chi connectivity index (χ3n) is 3.09. The van der Waals surface area contributed by atoms with E-state index in [2.05, 4.69) is 12.2 Å². The van der Waals surface area contributed by atoms with Crippen molar-refractivity contribution >= 4 is 5.91 Å². The molecule has 2 aliphatic heterocycles. The quantitative estimate of drug-likeness (QED) is 0.644. The van der Waals surface area contributed by atoms with Crippen LogP contribution in [0.2, 0.25) is 0 Å². The predicted molar refractivity (Wildman–Crippen MR) is 51.4 cm³/mol. The van der Waals surface area contributed by atoms with Gasteiger partial charge in [0.15, 0.2) is 0 Å². The monoisotopic (exact) mass is 182 g/mol. The Morgan fingerprint density at radius 3 is 2.85 bits per heavy atom. The third-order valence-corrected chi connectivity index (χ3v) is 3.09. The first-order valence-electron chi connectivity index (χ1n) is 5.29. The highest BCUT2D eigenvalue weighted by Crippen LogP contribution is 2.18. The predicted octanol–water partition coefficient (Wildman–Crippen LogP) is 0.607. The molecule has 2 fully saturated rings. The highest BCUT2D eigenvalue weighted by atomic mass is 16.2. The Morgan fingerprint density at radius 2 is 2.31 bits per heavy atom. The van der Waals surface area contributed by atoms with E-state index in [4.69, 9.17) is 0 Å². The Hall–Kier alpha value is -0.570. The van der Waals surface area contributed by atoms with Crippen molar-refractivity contribution in [3.63, 3.8) is 0 Å². The number of carbonyl (C=O) groups excluding carboxylic acids is 1. The standard InChI is InChI=1S/C10H18N2O/c1-8-4-6-12(7-8)10(13)9-3-2-5-11-9/h8-9,11H,2-7H2,1H3. The normalized spacial score (nSPS) is 34.1. The molecular formula is C10H18N2O. The van der Waals surface area contributed by atoms with E-state index >= 15 is 0 Å². The van der Waals surface area contributed by atoms with Crippen molar-refractivity contribution in [2.75, 3.05) is 19.6 Å². The van der Waals surface area contributed by atoms with Crippen LogP contribution in [0.3, 0.4) is 0 Å².